The molecule has 0 radical (unpaired) electrons. The molecule has 0 bridgehead atoms. The first-order valence-electron chi connectivity index (χ1n) is 9.86. The molecule has 1 N–H and O–H groups in total. The minimum Gasteiger partial charge on any atom is -0.306 e. The van der Waals surface area contributed by atoms with Crippen LogP contribution < -0.4 is 10.9 Å². The number of para-hydroxylation sites is 1. The number of anilines is 1. The number of benzene rings is 1. The Labute approximate surface area is 174 Å². The first-order chi connectivity index (χ1) is 14.2. The highest BCUT2D eigenvalue weighted by Gasteiger charge is 2.36. The van der Waals surface area contributed by atoms with Crippen LogP contribution in [0, 0.1) is 12.3 Å². The van der Waals surface area contributed by atoms with Crippen molar-refractivity contribution in [2.45, 2.75) is 33.6 Å². The maximum Gasteiger partial charge on any atom is 0.268 e. The molecule has 1 amide bonds. The van der Waals surface area contributed by atoms with Gasteiger partial charge in [-0.15, -0.1) is 0 Å². The number of hydrogen-bond donors (Lipinski definition) is 1. The average Bonchev–Trinajstić information content (AvgIpc) is 2.69. The molecule has 2 aromatic heterocycles. The van der Waals surface area contributed by atoms with Gasteiger partial charge in [0.2, 0.25) is 0 Å². The van der Waals surface area contributed by atoms with Crippen molar-refractivity contribution in [3.8, 4) is 5.69 Å². The summed E-state index contributed by atoms with van der Waals surface area (Å²) in [6.45, 7) is 5.85. The van der Waals surface area contributed by atoms with E-state index in [0.717, 1.165) is 5.56 Å². The van der Waals surface area contributed by atoms with Gasteiger partial charge in [-0.2, -0.15) is 0 Å². The van der Waals surface area contributed by atoms with Crippen molar-refractivity contribution in [1.82, 2.24) is 9.55 Å². The first kappa shape index (κ1) is 19.8. The Morgan fingerprint density at radius 1 is 1.07 bits per heavy atom. The molecule has 0 atom stereocenters. The molecule has 0 spiro atoms. The number of rotatable bonds is 3. The summed E-state index contributed by atoms with van der Waals surface area (Å²) in [5.74, 6) is -0.257. The third kappa shape index (κ3) is 3.68. The number of fused-ring (bicyclic) bond motifs is 1. The van der Waals surface area contributed by atoms with Crippen LogP contribution in [0.4, 0.5) is 5.82 Å². The largest absolute Gasteiger partial charge is 0.306 e. The lowest BCUT2D eigenvalue weighted by molar-refractivity contribution is 0.0910. The zero-order valence-electron chi connectivity index (χ0n) is 17.2. The molecule has 6 nitrogen and oxygen atoms in total. The second-order valence-corrected chi connectivity index (χ2v) is 8.52. The van der Waals surface area contributed by atoms with Crippen molar-refractivity contribution >= 4 is 17.5 Å². The van der Waals surface area contributed by atoms with E-state index in [-0.39, 0.29) is 16.8 Å². The van der Waals surface area contributed by atoms with Gasteiger partial charge in [0.1, 0.15) is 11.4 Å². The molecular formula is C24H23N3O3. The normalized spacial score (nSPS) is 14.8. The maximum atomic E-state index is 13.4. The van der Waals surface area contributed by atoms with Crippen molar-refractivity contribution in [1.29, 1.82) is 0 Å². The van der Waals surface area contributed by atoms with E-state index in [1.807, 2.05) is 45.0 Å². The minimum absolute atomic E-state index is 0.000136. The number of Topliss-reactive ketones (excluding diaryl/α,β-unsaturated/α-hetero) is 1. The van der Waals surface area contributed by atoms with Crippen LogP contribution in [0.3, 0.4) is 0 Å². The van der Waals surface area contributed by atoms with Gasteiger partial charge in [0.15, 0.2) is 5.78 Å². The fraction of sp³-hybridized carbons (Fsp3) is 0.250. The topological polar surface area (TPSA) is 81.1 Å². The zero-order chi connectivity index (χ0) is 21.5. The SMILES string of the molecule is Cc1ccc(NC(=O)c2c3c(cn(-c4ccccc4)c2=O)C(=O)CC(C)(C)C3)nc1. The summed E-state index contributed by atoms with van der Waals surface area (Å²) in [6, 6.07) is 12.5. The average molecular weight is 401 g/mol. The molecule has 2 heterocycles. The van der Waals surface area contributed by atoms with Crippen molar-refractivity contribution in [2.24, 2.45) is 5.41 Å². The predicted octanol–water partition coefficient (Wildman–Crippen LogP) is 3.95. The molecule has 1 aromatic carbocycles. The van der Waals surface area contributed by atoms with E-state index in [0.29, 0.717) is 35.5 Å². The smallest absolute Gasteiger partial charge is 0.268 e. The van der Waals surface area contributed by atoms with E-state index in [4.69, 9.17) is 0 Å². The molecule has 152 valence electrons. The van der Waals surface area contributed by atoms with Gasteiger partial charge in [-0.3, -0.25) is 19.0 Å². The molecule has 3 aromatic rings. The molecule has 1 aliphatic rings. The number of aryl methyl sites for hydroxylation is 1. The second kappa shape index (κ2) is 7.37. The van der Waals surface area contributed by atoms with E-state index in [1.165, 1.54) is 4.57 Å². The minimum atomic E-state index is -0.552. The molecule has 4 rings (SSSR count). The van der Waals surface area contributed by atoms with Crippen molar-refractivity contribution in [2.75, 3.05) is 5.32 Å². The molecule has 0 saturated heterocycles. The Bertz CT molecular complexity index is 1190. The van der Waals surface area contributed by atoms with Gasteiger partial charge in [-0.1, -0.05) is 38.1 Å². The number of carbonyl (C=O) groups is 2. The number of pyridine rings is 2. The van der Waals surface area contributed by atoms with E-state index in [2.05, 4.69) is 10.3 Å². The molecule has 0 saturated carbocycles. The van der Waals surface area contributed by atoms with Crippen LogP contribution in [-0.4, -0.2) is 21.2 Å². The van der Waals surface area contributed by atoms with Crippen molar-refractivity contribution in [3.63, 3.8) is 0 Å². The Morgan fingerprint density at radius 2 is 1.80 bits per heavy atom. The van der Waals surface area contributed by atoms with Crippen LogP contribution in [0.25, 0.3) is 5.69 Å². The quantitative estimate of drug-likeness (QED) is 0.721. The highest BCUT2D eigenvalue weighted by molar-refractivity contribution is 6.08. The molecule has 30 heavy (non-hydrogen) atoms. The highest BCUT2D eigenvalue weighted by Crippen LogP contribution is 2.36. The Morgan fingerprint density at radius 3 is 2.47 bits per heavy atom. The second-order valence-electron chi connectivity index (χ2n) is 8.52. The van der Waals surface area contributed by atoms with Crippen LogP contribution >= 0.6 is 0 Å². The standard InChI is InChI=1S/C24H23N3O3/c1-15-9-10-20(25-13-15)26-22(29)21-17-11-24(2,3)12-19(28)18(17)14-27(23(21)30)16-7-5-4-6-8-16/h4-10,13-14H,11-12H2,1-3H3,(H,25,26,29). The summed E-state index contributed by atoms with van der Waals surface area (Å²) in [6.07, 6.45) is 4.06. The van der Waals surface area contributed by atoms with Crippen LogP contribution in [0.15, 0.2) is 59.7 Å². The summed E-state index contributed by atoms with van der Waals surface area (Å²) in [5, 5.41) is 2.72. The molecule has 0 aliphatic heterocycles. The summed E-state index contributed by atoms with van der Waals surface area (Å²) >= 11 is 0. The van der Waals surface area contributed by atoms with Crippen molar-refractivity contribution in [3.05, 3.63) is 87.5 Å². The first-order valence-corrected chi connectivity index (χ1v) is 9.86. The van der Waals surface area contributed by atoms with Gasteiger partial charge in [0.25, 0.3) is 11.5 Å². The summed E-state index contributed by atoms with van der Waals surface area (Å²) in [4.78, 5) is 43.7. The van der Waals surface area contributed by atoms with E-state index < -0.39 is 11.5 Å². The zero-order valence-corrected chi connectivity index (χ0v) is 17.2. The van der Waals surface area contributed by atoms with Gasteiger partial charge in [-0.05, 0) is 48.1 Å². The van der Waals surface area contributed by atoms with E-state index in [9.17, 15) is 14.4 Å². The number of carbonyl (C=O) groups excluding carboxylic acids is 2. The lowest BCUT2D eigenvalue weighted by Crippen LogP contribution is -2.37. The van der Waals surface area contributed by atoms with Gasteiger partial charge in [-0.25, -0.2) is 4.98 Å². The predicted molar refractivity (Wildman–Crippen MR) is 115 cm³/mol. The molecule has 6 heteroatoms. The maximum absolute atomic E-state index is 13.4. The fourth-order valence-corrected chi connectivity index (χ4v) is 3.88. The lowest BCUT2D eigenvalue weighted by atomic mass is 9.73. The van der Waals surface area contributed by atoms with Crippen LogP contribution in [-0.2, 0) is 6.42 Å². The van der Waals surface area contributed by atoms with Gasteiger partial charge >= 0.3 is 0 Å². The number of aromatic nitrogens is 2. The Kier molecular flexibility index (Phi) is 4.86. The number of ketones is 1. The third-order valence-electron chi connectivity index (χ3n) is 5.33. The van der Waals surface area contributed by atoms with Gasteiger partial charge < -0.3 is 5.32 Å². The van der Waals surface area contributed by atoms with E-state index >= 15 is 0 Å². The lowest BCUT2D eigenvalue weighted by Gasteiger charge is -2.31. The molecule has 0 unspecified atom stereocenters. The number of hydrogen-bond acceptors (Lipinski definition) is 4. The van der Waals surface area contributed by atoms with Crippen LogP contribution in [0.1, 0.15) is 52.1 Å². The highest BCUT2D eigenvalue weighted by atomic mass is 16.2. The Hall–Kier alpha value is -3.54. The summed E-state index contributed by atoms with van der Waals surface area (Å²) in [7, 11) is 0. The number of nitrogens with zero attached hydrogens (tertiary/aromatic N) is 2. The monoisotopic (exact) mass is 401 g/mol. The number of nitrogens with one attached hydrogen (secondary N) is 1. The molecular weight excluding hydrogens is 378 g/mol. The molecule has 1 aliphatic carbocycles. The summed E-state index contributed by atoms with van der Waals surface area (Å²) in [5.41, 5.74) is 1.73. The van der Waals surface area contributed by atoms with E-state index in [1.54, 1.807) is 30.6 Å². The molecule has 0 fully saturated rings. The van der Waals surface area contributed by atoms with Crippen LogP contribution in [0.5, 0.6) is 0 Å². The van der Waals surface area contributed by atoms with Crippen molar-refractivity contribution < 1.29 is 9.59 Å². The van der Waals surface area contributed by atoms with Crippen LogP contribution in [0.2, 0.25) is 0 Å². The third-order valence-corrected chi connectivity index (χ3v) is 5.33. The van der Waals surface area contributed by atoms with Gasteiger partial charge in [0, 0.05) is 30.1 Å². The van der Waals surface area contributed by atoms with Gasteiger partial charge in [0.05, 0.1) is 0 Å². The Balaban J connectivity index is 1.90. The number of amides is 1. The summed E-state index contributed by atoms with van der Waals surface area (Å²) < 4.78 is 1.38. The fourth-order valence-electron chi connectivity index (χ4n) is 3.88.